The molecule has 0 saturated carbocycles. The van der Waals surface area contributed by atoms with E-state index in [2.05, 4.69) is 17.1 Å². The Bertz CT molecular complexity index is 180. The Morgan fingerprint density at radius 3 is 2.40 bits per heavy atom. The maximum atomic E-state index is 12.5. The fourth-order valence-corrected chi connectivity index (χ4v) is 3.20. The van der Waals surface area contributed by atoms with Crippen LogP contribution in [0, 0.1) is 0 Å². The third-order valence-corrected chi connectivity index (χ3v) is 3.85. The molecule has 1 N–H and O–H groups in total. The second-order valence-corrected chi connectivity index (χ2v) is 4.99. The molecule has 0 aromatic heterocycles. The van der Waals surface area contributed by atoms with Crippen LogP contribution in [0.1, 0.15) is 39.0 Å². The summed E-state index contributed by atoms with van der Waals surface area (Å²) in [6.07, 6.45) is 6.26. The molecule has 15 heavy (non-hydrogen) atoms. The third kappa shape index (κ3) is 2.70. The first-order valence-electron chi connectivity index (χ1n) is 6.39. The fourth-order valence-electron chi connectivity index (χ4n) is 3.20. The number of fused-ring (bicyclic) bond motifs is 2. The summed E-state index contributed by atoms with van der Waals surface area (Å²) >= 11 is 0. The lowest BCUT2D eigenvalue weighted by atomic mass is 9.98. The summed E-state index contributed by atoms with van der Waals surface area (Å²) in [5.41, 5.74) is 0. The lowest BCUT2D eigenvalue weighted by Gasteiger charge is -2.37. The van der Waals surface area contributed by atoms with Gasteiger partial charge in [-0.15, -0.1) is 0 Å². The van der Waals surface area contributed by atoms with Gasteiger partial charge in [-0.3, -0.25) is 4.90 Å². The zero-order valence-electron chi connectivity index (χ0n) is 9.71. The predicted octanol–water partition coefficient (Wildman–Crippen LogP) is 1.95. The Hall–Kier alpha value is -0.150. The number of piperidine rings is 1. The fraction of sp³-hybridized carbons (Fsp3) is 1.00. The van der Waals surface area contributed by atoms with Gasteiger partial charge < -0.3 is 5.32 Å². The Morgan fingerprint density at radius 2 is 1.87 bits per heavy atom. The van der Waals surface area contributed by atoms with E-state index < -0.39 is 0 Å². The molecule has 2 nitrogen and oxygen atoms in total. The van der Waals surface area contributed by atoms with Crippen molar-refractivity contribution in [3.05, 3.63) is 0 Å². The lowest BCUT2D eigenvalue weighted by Crippen LogP contribution is -2.49. The molecule has 0 amide bonds. The highest BCUT2D eigenvalue weighted by molar-refractivity contribution is 4.95. The molecule has 0 radical (unpaired) electrons. The van der Waals surface area contributed by atoms with Crippen molar-refractivity contribution in [3.8, 4) is 0 Å². The summed E-state index contributed by atoms with van der Waals surface area (Å²) < 4.78 is 12.5. The number of rotatable bonds is 5. The molecule has 2 atom stereocenters. The maximum Gasteiger partial charge on any atom is 0.102 e. The lowest BCUT2D eigenvalue weighted by molar-refractivity contribution is 0.132. The van der Waals surface area contributed by atoms with E-state index in [9.17, 15) is 4.39 Å². The molecule has 0 aliphatic carbocycles. The van der Waals surface area contributed by atoms with Crippen molar-refractivity contribution in [1.82, 2.24) is 10.2 Å². The molecule has 2 saturated heterocycles. The van der Waals surface area contributed by atoms with Gasteiger partial charge in [0.15, 0.2) is 0 Å². The van der Waals surface area contributed by atoms with Crippen LogP contribution in [0.4, 0.5) is 4.39 Å². The van der Waals surface area contributed by atoms with E-state index in [4.69, 9.17) is 0 Å². The van der Waals surface area contributed by atoms with Crippen molar-refractivity contribution in [2.75, 3.05) is 19.8 Å². The van der Waals surface area contributed by atoms with Crippen molar-refractivity contribution in [1.29, 1.82) is 0 Å². The van der Waals surface area contributed by atoms with Gasteiger partial charge in [0.05, 0.1) is 0 Å². The molecule has 0 spiro atoms. The van der Waals surface area contributed by atoms with E-state index in [1.807, 2.05) is 0 Å². The summed E-state index contributed by atoms with van der Waals surface area (Å²) in [7, 11) is 0. The molecule has 3 heteroatoms. The van der Waals surface area contributed by atoms with E-state index in [0.29, 0.717) is 24.7 Å². The topological polar surface area (TPSA) is 15.3 Å². The molecule has 2 aliphatic rings. The van der Waals surface area contributed by atoms with E-state index in [1.54, 1.807) is 0 Å². The number of nitrogens with one attached hydrogen (secondary N) is 1. The maximum absolute atomic E-state index is 12.5. The third-order valence-electron chi connectivity index (χ3n) is 3.85. The standard InChI is InChI=1S/C12H23FN2/c1-2-6-15(7-5-13)12-8-10-3-4-11(9-12)14-10/h10-12,14H,2-9H2,1H3. The molecule has 2 fully saturated rings. The number of hydrogen-bond donors (Lipinski definition) is 1. The summed E-state index contributed by atoms with van der Waals surface area (Å²) in [5.74, 6) is 0. The average molecular weight is 214 g/mol. The number of halogens is 1. The summed E-state index contributed by atoms with van der Waals surface area (Å²) in [6, 6.07) is 2.07. The minimum Gasteiger partial charge on any atom is -0.311 e. The van der Waals surface area contributed by atoms with Gasteiger partial charge in [-0.25, -0.2) is 4.39 Å². The van der Waals surface area contributed by atoms with Crippen molar-refractivity contribution in [3.63, 3.8) is 0 Å². The molecule has 2 unspecified atom stereocenters. The van der Waals surface area contributed by atoms with Gasteiger partial charge in [-0.05, 0) is 38.6 Å². The molecule has 2 rings (SSSR count). The molecule has 88 valence electrons. The van der Waals surface area contributed by atoms with Crippen molar-refractivity contribution >= 4 is 0 Å². The molecule has 2 heterocycles. The molecule has 2 aliphatic heterocycles. The van der Waals surface area contributed by atoms with Gasteiger partial charge in [-0.1, -0.05) is 6.92 Å². The van der Waals surface area contributed by atoms with E-state index >= 15 is 0 Å². The second kappa shape index (κ2) is 5.26. The largest absolute Gasteiger partial charge is 0.311 e. The summed E-state index contributed by atoms with van der Waals surface area (Å²) in [6.45, 7) is 3.69. The first-order chi connectivity index (χ1) is 7.33. The quantitative estimate of drug-likeness (QED) is 0.752. The average Bonchev–Trinajstić information content (AvgIpc) is 2.57. The van der Waals surface area contributed by atoms with Crippen LogP contribution >= 0.6 is 0 Å². The van der Waals surface area contributed by atoms with Crippen LogP contribution in [0.2, 0.25) is 0 Å². The molecule has 0 aromatic rings. The zero-order chi connectivity index (χ0) is 10.7. The number of alkyl halides is 1. The minimum atomic E-state index is -0.195. The van der Waals surface area contributed by atoms with Gasteiger partial charge in [0.1, 0.15) is 6.67 Å². The van der Waals surface area contributed by atoms with Crippen LogP contribution in [0.25, 0.3) is 0 Å². The van der Waals surface area contributed by atoms with Gasteiger partial charge in [0.2, 0.25) is 0 Å². The van der Waals surface area contributed by atoms with Crippen LogP contribution in [-0.2, 0) is 0 Å². The highest BCUT2D eigenvalue weighted by Crippen LogP contribution is 2.29. The normalized spacial score (nSPS) is 35.0. The first kappa shape index (κ1) is 11.3. The molecular weight excluding hydrogens is 191 g/mol. The van der Waals surface area contributed by atoms with Crippen LogP contribution < -0.4 is 5.32 Å². The van der Waals surface area contributed by atoms with Crippen LogP contribution in [0.5, 0.6) is 0 Å². The van der Waals surface area contributed by atoms with Gasteiger partial charge >= 0.3 is 0 Å². The Balaban J connectivity index is 1.89. The highest BCUT2D eigenvalue weighted by Gasteiger charge is 2.35. The van der Waals surface area contributed by atoms with Gasteiger partial charge in [0.25, 0.3) is 0 Å². The number of hydrogen-bond acceptors (Lipinski definition) is 2. The van der Waals surface area contributed by atoms with E-state index in [1.165, 1.54) is 25.7 Å². The zero-order valence-corrected chi connectivity index (χ0v) is 9.71. The molecular formula is C12H23FN2. The van der Waals surface area contributed by atoms with Crippen molar-refractivity contribution in [2.45, 2.75) is 57.2 Å². The van der Waals surface area contributed by atoms with Crippen molar-refractivity contribution < 1.29 is 4.39 Å². The Labute approximate surface area is 92.2 Å². The van der Waals surface area contributed by atoms with Gasteiger partial charge in [0, 0.05) is 24.7 Å². The second-order valence-electron chi connectivity index (χ2n) is 4.99. The SMILES string of the molecule is CCCN(CCF)C1CC2CCC(C1)N2. The smallest absolute Gasteiger partial charge is 0.102 e. The van der Waals surface area contributed by atoms with E-state index in [-0.39, 0.29) is 6.67 Å². The highest BCUT2D eigenvalue weighted by atomic mass is 19.1. The minimum absolute atomic E-state index is 0.195. The van der Waals surface area contributed by atoms with Crippen molar-refractivity contribution in [2.24, 2.45) is 0 Å². The molecule has 0 aromatic carbocycles. The van der Waals surface area contributed by atoms with Crippen LogP contribution in [0.3, 0.4) is 0 Å². The Kier molecular flexibility index (Phi) is 3.98. The Morgan fingerprint density at radius 1 is 1.20 bits per heavy atom. The van der Waals surface area contributed by atoms with Gasteiger partial charge in [-0.2, -0.15) is 0 Å². The molecule has 2 bridgehead atoms. The number of nitrogens with zero attached hydrogens (tertiary/aromatic N) is 1. The van der Waals surface area contributed by atoms with E-state index in [0.717, 1.165) is 13.0 Å². The first-order valence-corrected chi connectivity index (χ1v) is 6.39. The predicted molar refractivity (Wildman–Crippen MR) is 60.8 cm³/mol. The summed E-state index contributed by atoms with van der Waals surface area (Å²) in [5, 5.41) is 3.64. The van der Waals surface area contributed by atoms with Crippen LogP contribution in [-0.4, -0.2) is 42.8 Å². The monoisotopic (exact) mass is 214 g/mol. The van der Waals surface area contributed by atoms with Crippen LogP contribution in [0.15, 0.2) is 0 Å². The summed E-state index contributed by atoms with van der Waals surface area (Å²) in [4.78, 5) is 2.37.